The van der Waals surface area contributed by atoms with Gasteiger partial charge in [-0.15, -0.1) is 23.1 Å². The van der Waals surface area contributed by atoms with Crippen LogP contribution in [0.3, 0.4) is 0 Å². The molecule has 0 amide bonds. The Morgan fingerprint density at radius 1 is 1.17 bits per heavy atom. The lowest BCUT2D eigenvalue weighted by Crippen LogP contribution is -2.17. The van der Waals surface area contributed by atoms with Gasteiger partial charge in [-0.3, -0.25) is 0 Å². The molecule has 0 unspecified atom stereocenters. The second kappa shape index (κ2) is 8.30. The third-order valence-corrected chi connectivity index (χ3v) is 5.00. The van der Waals surface area contributed by atoms with Gasteiger partial charge in [0.05, 0.1) is 0 Å². The first kappa shape index (κ1) is 17.0. The summed E-state index contributed by atoms with van der Waals surface area (Å²) in [6, 6.07) is 11.3. The normalized spacial score (nSPS) is 13.3. The molecule has 1 heterocycles. The predicted octanol–water partition coefficient (Wildman–Crippen LogP) is 2.57. The van der Waals surface area contributed by atoms with Crippen molar-refractivity contribution in [1.82, 2.24) is 0 Å². The summed E-state index contributed by atoms with van der Waals surface area (Å²) in [5.41, 5.74) is 24.6. The van der Waals surface area contributed by atoms with Gasteiger partial charge < -0.3 is 22.9 Å². The van der Waals surface area contributed by atoms with Crippen LogP contribution < -0.4 is 22.9 Å². The van der Waals surface area contributed by atoms with Crippen LogP contribution >= 0.6 is 23.1 Å². The molecule has 1 aromatic heterocycles. The van der Waals surface area contributed by atoms with Crippen molar-refractivity contribution in [3.63, 3.8) is 0 Å². The van der Waals surface area contributed by atoms with Gasteiger partial charge in [-0.25, -0.2) is 4.99 Å². The number of amidine groups is 1. The Balaban J connectivity index is 2.08. The van der Waals surface area contributed by atoms with Crippen molar-refractivity contribution in [2.75, 3.05) is 5.73 Å². The fraction of sp³-hybridized carbons (Fsp3) is 0.0625. The zero-order valence-electron chi connectivity index (χ0n) is 12.5. The maximum Gasteiger partial charge on any atom is 0.135 e. The first-order chi connectivity index (χ1) is 11.1. The molecule has 23 heavy (non-hydrogen) atoms. The van der Waals surface area contributed by atoms with Gasteiger partial charge in [0.25, 0.3) is 0 Å². The molecule has 120 valence electrons. The summed E-state index contributed by atoms with van der Waals surface area (Å²) in [6.07, 6.45) is 3.21. The van der Waals surface area contributed by atoms with E-state index in [2.05, 4.69) is 11.1 Å². The van der Waals surface area contributed by atoms with Gasteiger partial charge in [0.1, 0.15) is 11.7 Å². The van der Waals surface area contributed by atoms with Crippen LogP contribution in [0.4, 0.5) is 5.69 Å². The number of para-hydroxylation sites is 1. The Labute approximate surface area is 143 Å². The van der Waals surface area contributed by atoms with Crippen molar-refractivity contribution in [3.05, 3.63) is 75.2 Å². The van der Waals surface area contributed by atoms with E-state index < -0.39 is 0 Å². The van der Waals surface area contributed by atoms with Gasteiger partial charge >= 0.3 is 0 Å². The van der Waals surface area contributed by atoms with Gasteiger partial charge in [0.15, 0.2) is 0 Å². The molecule has 2 aromatic rings. The molecule has 2 rings (SSSR count). The van der Waals surface area contributed by atoms with E-state index in [4.69, 9.17) is 22.9 Å². The summed E-state index contributed by atoms with van der Waals surface area (Å²) in [7, 11) is 0. The molecule has 0 radical (unpaired) electrons. The Hall–Kier alpha value is -2.38. The monoisotopic (exact) mass is 345 g/mol. The second-order valence-electron chi connectivity index (χ2n) is 4.59. The molecule has 0 aliphatic heterocycles. The average Bonchev–Trinajstić information content (AvgIpc) is 3.05. The van der Waals surface area contributed by atoms with Crippen molar-refractivity contribution in [3.8, 4) is 0 Å². The molecular formula is C16H19N5S2. The van der Waals surface area contributed by atoms with E-state index in [1.807, 2.05) is 23.6 Å². The summed E-state index contributed by atoms with van der Waals surface area (Å²) >= 11 is 3.29. The van der Waals surface area contributed by atoms with Crippen molar-refractivity contribution in [2.24, 2.45) is 22.2 Å². The zero-order chi connectivity index (χ0) is 16.7. The largest absolute Gasteiger partial charge is 0.404 e. The topological polar surface area (TPSA) is 116 Å². The highest BCUT2D eigenvalue weighted by Gasteiger charge is 2.04. The number of aliphatic imine (C=N–C) groups is 1. The van der Waals surface area contributed by atoms with Crippen molar-refractivity contribution in [2.45, 2.75) is 5.75 Å². The van der Waals surface area contributed by atoms with Crippen LogP contribution in [-0.2, 0) is 5.75 Å². The number of thiophene rings is 1. The van der Waals surface area contributed by atoms with Gasteiger partial charge in [-0.1, -0.05) is 18.2 Å². The fourth-order valence-corrected chi connectivity index (χ4v) is 3.44. The molecule has 0 spiro atoms. The maximum atomic E-state index is 5.96. The second-order valence-corrected chi connectivity index (χ2v) is 6.67. The molecule has 5 nitrogen and oxygen atoms in total. The van der Waals surface area contributed by atoms with E-state index in [9.17, 15) is 0 Å². The Morgan fingerprint density at radius 2 is 1.96 bits per heavy atom. The van der Waals surface area contributed by atoms with E-state index in [0.717, 1.165) is 10.7 Å². The minimum Gasteiger partial charge on any atom is -0.404 e. The average molecular weight is 345 g/mol. The standard InChI is InChI=1S/C16H19N5S2/c17-9-12(23-10-11-4-3-7-22-11)8-15(19)21-16(20)13-5-1-2-6-14(13)18/h1-9H,10,17-19H2,(H2,20,21)/b12-9+,15-8+. The highest BCUT2D eigenvalue weighted by Crippen LogP contribution is 2.24. The number of allylic oxidation sites excluding steroid dienone is 1. The number of nitrogens with two attached hydrogens (primary N) is 4. The molecule has 0 saturated carbocycles. The number of anilines is 1. The summed E-state index contributed by atoms with van der Waals surface area (Å²) in [4.78, 5) is 6.28. The van der Waals surface area contributed by atoms with Crippen LogP contribution in [0.5, 0.6) is 0 Å². The molecule has 0 saturated heterocycles. The molecular weight excluding hydrogens is 326 g/mol. The van der Waals surface area contributed by atoms with Gasteiger partial charge in [-0.05, 0) is 29.7 Å². The van der Waals surface area contributed by atoms with Crippen molar-refractivity contribution >= 4 is 34.6 Å². The molecule has 0 bridgehead atoms. The maximum absolute atomic E-state index is 5.96. The van der Waals surface area contributed by atoms with Crippen molar-refractivity contribution in [1.29, 1.82) is 0 Å². The fourth-order valence-electron chi connectivity index (χ4n) is 1.79. The van der Waals surface area contributed by atoms with E-state index in [1.54, 1.807) is 41.3 Å². The number of hydrogen-bond donors (Lipinski definition) is 4. The van der Waals surface area contributed by atoms with Crippen LogP contribution in [0.2, 0.25) is 0 Å². The van der Waals surface area contributed by atoms with E-state index >= 15 is 0 Å². The SMILES string of the molecule is N/C=C(\C=C(/N)N=C(N)c1ccccc1N)SCc1cccs1. The highest BCUT2D eigenvalue weighted by molar-refractivity contribution is 8.02. The minimum atomic E-state index is 0.275. The number of thioether (sulfide) groups is 1. The summed E-state index contributed by atoms with van der Waals surface area (Å²) in [5, 5.41) is 2.04. The third-order valence-electron chi connectivity index (χ3n) is 2.90. The molecule has 0 aliphatic rings. The Bertz CT molecular complexity index is 733. The summed E-state index contributed by atoms with van der Waals surface area (Å²) in [5.74, 6) is 1.38. The lowest BCUT2D eigenvalue weighted by Gasteiger charge is -2.05. The number of rotatable bonds is 6. The molecule has 0 atom stereocenters. The number of hydrogen-bond acceptors (Lipinski definition) is 6. The number of nitrogens with zero attached hydrogens (tertiary/aromatic N) is 1. The number of nitrogen functional groups attached to an aromatic ring is 1. The van der Waals surface area contributed by atoms with Crippen LogP contribution in [0.1, 0.15) is 10.4 Å². The van der Waals surface area contributed by atoms with Crippen LogP contribution in [0.15, 0.2) is 69.8 Å². The molecule has 0 aliphatic carbocycles. The van der Waals surface area contributed by atoms with Crippen molar-refractivity contribution < 1.29 is 0 Å². The smallest absolute Gasteiger partial charge is 0.135 e. The van der Waals surface area contributed by atoms with E-state index in [0.29, 0.717) is 11.3 Å². The number of benzene rings is 1. The van der Waals surface area contributed by atoms with Gasteiger partial charge in [-0.2, -0.15) is 0 Å². The lowest BCUT2D eigenvalue weighted by molar-refractivity contribution is 1.23. The Kier molecular flexibility index (Phi) is 6.13. The molecule has 8 N–H and O–H groups in total. The van der Waals surface area contributed by atoms with E-state index in [-0.39, 0.29) is 11.7 Å². The van der Waals surface area contributed by atoms with Crippen LogP contribution in [0, 0.1) is 0 Å². The van der Waals surface area contributed by atoms with Gasteiger partial charge in [0.2, 0.25) is 0 Å². The first-order valence-corrected chi connectivity index (χ1v) is 8.70. The summed E-state index contributed by atoms with van der Waals surface area (Å²) < 4.78 is 0. The third kappa shape index (κ3) is 5.08. The zero-order valence-corrected chi connectivity index (χ0v) is 14.1. The predicted molar refractivity (Wildman–Crippen MR) is 102 cm³/mol. The molecule has 0 fully saturated rings. The minimum absolute atomic E-state index is 0.275. The highest BCUT2D eigenvalue weighted by atomic mass is 32.2. The lowest BCUT2D eigenvalue weighted by atomic mass is 10.1. The van der Waals surface area contributed by atoms with Crippen LogP contribution in [-0.4, -0.2) is 5.84 Å². The van der Waals surface area contributed by atoms with E-state index in [1.165, 1.54) is 11.1 Å². The molecule has 1 aromatic carbocycles. The summed E-state index contributed by atoms with van der Waals surface area (Å²) in [6.45, 7) is 0. The van der Waals surface area contributed by atoms with Crippen LogP contribution in [0.25, 0.3) is 0 Å². The quantitative estimate of drug-likeness (QED) is 0.278. The Morgan fingerprint density at radius 3 is 2.61 bits per heavy atom. The molecule has 7 heteroatoms. The van der Waals surface area contributed by atoms with Gasteiger partial charge in [0, 0.05) is 33.0 Å². The first-order valence-electron chi connectivity index (χ1n) is 6.83.